The van der Waals surface area contributed by atoms with E-state index in [1.54, 1.807) is 0 Å². The van der Waals surface area contributed by atoms with Crippen molar-refractivity contribution in [3.05, 3.63) is 47.7 Å². The van der Waals surface area contributed by atoms with E-state index in [4.69, 9.17) is 4.42 Å². The Hall–Kier alpha value is -2.12. The Morgan fingerprint density at radius 2 is 1.72 bits per heavy atom. The van der Waals surface area contributed by atoms with Crippen molar-refractivity contribution < 1.29 is 17.6 Å². The molecule has 134 valence electrons. The lowest BCUT2D eigenvalue weighted by atomic mass is 10.0. The van der Waals surface area contributed by atoms with Crippen molar-refractivity contribution in [3.63, 3.8) is 0 Å². The number of nitrogens with one attached hydrogen (secondary N) is 1. The maximum Gasteiger partial charge on any atom is 0.291 e. The van der Waals surface area contributed by atoms with Crippen LogP contribution < -0.4 is 5.32 Å². The lowest BCUT2D eigenvalue weighted by Gasteiger charge is -2.12. The van der Waals surface area contributed by atoms with Crippen molar-refractivity contribution in [2.75, 3.05) is 18.4 Å². The Labute approximate surface area is 147 Å². The van der Waals surface area contributed by atoms with Crippen LogP contribution in [0.1, 0.15) is 48.7 Å². The molecule has 0 radical (unpaired) electrons. The maximum atomic E-state index is 12.4. The zero-order valence-electron chi connectivity index (χ0n) is 14.4. The minimum atomic E-state index is -3.65. The zero-order chi connectivity index (χ0) is 18.0. The molecule has 0 spiro atoms. The van der Waals surface area contributed by atoms with Gasteiger partial charge in [0.1, 0.15) is 0 Å². The number of furan rings is 1. The quantitative estimate of drug-likeness (QED) is 0.883. The monoisotopic (exact) mass is 362 g/mol. The predicted molar refractivity (Wildman–Crippen MR) is 95.2 cm³/mol. The van der Waals surface area contributed by atoms with Gasteiger partial charge in [-0.2, -0.15) is 4.31 Å². The van der Waals surface area contributed by atoms with Gasteiger partial charge in [-0.05, 0) is 48.6 Å². The van der Waals surface area contributed by atoms with Crippen molar-refractivity contribution in [2.24, 2.45) is 0 Å². The van der Waals surface area contributed by atoms with E-state index in [0.29, 0.717) is 24.7 Å². The van der Waals surface area contributed by atoms with Crippen molar-refractivity contribution in [1.82, 2.24) is 4.31 Å². The van der Waals surface area contributed by atoms with Gasteiger partial charge >= 0.3 is 0 Å². The summed E-state index contributed by atoms with van der Waals surface area (Å²) in [7, 11) is -3.65. The second kappa shape index (κ2) is 7.01. The lowest BCUT2D eigenvalue weighted by molar-refractivity contribution is 0.0991. The van der Waals surface area contributed by atoms with Crippen LogP contribution in [0.4, 0.5) is 5.69 Å². The molecule has 6 nitrogen and oxygen atoms in total. The van der Waals surface area contributed by atoms with E-state index < -0.39 is 15.9 Å². The molecule has 7 heteroatoms. The van der Waals surface area contributed by atoms with Gasteiger partial charge in [0, 0.05) is 18.8 Å². The highest BCUT2D eigenvalue weighted by molar-refractivity contribution is 7.89. The normalized spacial score (nSPS) is 15.6. The second-order valence-electron chi connectivity index (χ2n) is 6.46. The van der Waals surface area contributed by atoms with E-state index in [0.717, 1.165) is 12.8 Å². The van der Waals surface area contributed by atoms with E-state index in [1.165, 1.54) is 22.0 Å². The summed E-state index contributed by atoms with van der Waals surface area (Å²) in [5.74, 6) is -0.0842. The van der Waals surface area contributed by atoms with Gasteiger partial charge in [-0.25, -0.2) is 8.42 Å². The molecule has 1 aromatic carbocycles. The molecule has 1 N–H and O–H groups in total. The average Bonchev–Trinajstić information content (AvgIpc) is 3.27. The predicted octanol–water partition coefficient (Wildman–Crippen LogP) is 3.44. The molecule has 0 aliphatic carbocycles. The number of carbonyl (C=O) groups is 1. The summed E-state index contributed by atoms with van der Waals surface area (Å²) in [5, 5.41) is 2.53. The van der Waals surface area contributed by atoms with Crippen molar-refractivity contribution in [1.29, 1.82) is 0 Å². The van der Waals surface area contributed by atoms with Gasteiger partial charge in [0.15, 0.2) is 5.76 Å². The maximum absolute atomic E-state index is 12.4. The SMILES string of the molecule is CC(C)c1ccc(NC(=O)c2ccc(S(=O)(=O)N3CCCC3)o2)cc1. The van der Waals surface area contributed by atoms with E-state index >= 15 is 0 Å². The Morgan fingerprint density at radius 1 is 1.08 bits per heavy atom. The third-order valence-corrected chi connectivity index (χ3v) is 6.07. The smallest absolute Gasteiger partial charge is 0.291 e. The van der Waals surface area contributed by atoms with Crippen LogP contribution in [0.25, 0.3) is 0 Å². The van der Waals surface area contributed by atoms with Gasteiger partial charge in [0.2, 0.25) is 5.09 Å². The van der Waals surface area contributed by atoms with Crippen LogP contribution in [0.2, 0.25) is 0 Å². The Morgan fingerprint density at radius 3 is 2.32 bits per heavy atom. The molecular formula is C18H22N2O4S. The fourth-order valence-corrected chi connectivity index (χ4v) is 4.21. The van der Waals surface area contributed by atoms with E-state index in [9.17, 15) is 13.2 Å². The molecule has 2 heterocycles. The largest absolute Gasteiger partial charge is 0.438 e. The van der Waals surface area contributed by atoms with Gasteiger partial charge < -0.3 is 9.73 Å². The number of amides is 1. The minimum Gasteiger partial charge on any atom is -0.438 e. The molecule has 0 saturated carbocycles. The van der Waals surface area contributed by atoms with Gasteiger partial charge in [-0.1, -0.05) is 26.0 Å². The average molecular weight is 362 g/mol. The summed E-state index contributed by atoms with van der Waals surface area (Å²) in [5.41, 5.74) is 1.81. The third kappa shape index (κ3) is 3.77. The first kappa shape index (κ1) is 17.7. The summed E-state index contributed by atoms with van der Waals surface area (Å²) >= 11 is 0. The van der Waals surface area contributed by atoms with Crippen LogP contribution in [-0.4, -0.2) is 31.7 Å². The van der Waals surface area contributed by atoms with Crippen molar-refractivity contribution in [2.45, 2.75) is 37.7 Å². The minimum absolute atomic E-state index is 0.0225. The van der Waals surface area contributed by atoms with Gasteiger partial charge in [-0.15, -0.1) is 0 Å². The van der Waals surface area contributed by atoms with Crippen LogP contribution in [0.5, 0.6) is 0 Å². The molecule has 1 amide bonds. The number of anilines is 1. The topological polar surface area (TPSA) is 79.6 Å². The highest BCUT2D eigenvalue weighted by Gasteiger charge is 2.30. The first-order valence-electron chi connectivity index (χ1n) is 8.39. The Balaban J connectivity index is 1.72. The first-order valence-corrected chi connectivity index (χ1v) is 9.83. The molecule has 1 aliphatic rings. The third-order valence-electron chi connectivity index (χ3n) is 4.30. The molecular weight excluding hydrogens is 340 g/mol. The Kier molecular flexibility index (Phi) is 4.96. The number of benzene rings is 1. The van der Waals surface area contributed by atoms with Crippen LogP contribution in [0, 0.1) is 0 Å². The Bertz CT molecular complexity index is 847. The second-order valence-corrected chi connectivity index (χ2v) is 8.33. The molecule has 1 aliphatic heterocycles. The number of nitrogens with zero attached hydrogens (tertiary/aromatic N) is 1. The molecule has 0 atom stereocenters. The highest BCUT2D eigenvalue weighted by Crippen LogP contribution is 2.23. The number of hydrogen-bond acceptors (Lipinski definition) is 4. The molecule has 3 rings (SSSR count). The van der Waals surface area contributed by atoms with Crippen LogP contribution in [0.15, 0.2) is 45.9 Å². The molecule has 1 saturated heterocycles. The number of sulfonamides is 1. The van der Waals surface area contributed by atoms with Gasteiger partial charge in [0.05, 0.1) is 0 Å². The molecule has 1 aromatic heterocycles. The summed E-state index contributed by atoms with van der Waals surface area (Å²) in [6, 6.07) is 10.3. The van der Waals surface area contributed by atoms with E-state index in [1.807, 2.05) is 24.3 Å². The zero-order valence-corrected chi connectivity index (χ0v) is 15.2. The molecule has 1 fully saturated rings. The van der Waals surface area contributed by atoms with Crippen molar-refractivity contribution in [3.8, 4) is 0 Å². The number of rotatable bonds is 5. The summed E-state index contributed by atoms with van der Waals surface area (Å²) < 4.78 is 31.6. The van der Waals surface area contributed by atoms with Crippen LogP contribution in [0.3, 0.4) is 0 Å². The van der Waals surface area contributed by atoms with E-state index in [-0.39, 0.29) is 10.9 Å². The summed E-state index contributed by atoms with van der Waals surface area (Å²) in [6.07, 6.45) is 1.69. The molecule has 25 heavy (non-hydrogen) atoms. The fraction of sp³-hybridized carbons (Fsp3) is 0.389. The van der Waals surface area contributed by atoms with E-state index in [2.05, 4.69) is 19.2 Å². The number of hydrogen-bond donors (Lipinski definition) is 1. The number of carbonyl (C=O) groups excluding carboxylic acids is 1. The van der Waals surface area contributed by atoms with Crippen LogP contribution >= 0.6 is 0 Å². The van der Waals surface area contributed by atoms with Crippen molar-refractivity contribution >= 4 is 21.6 Å². The first-order chi connectivity index (χ1) is 11.9. The summed E-state index contributed by atoms with van der Waals surface area (Å²) in [6.45, 7) is 5.18. The lowest BCUT2D eigenvalue weighted by Crippen LogP contribution is -2.27. The fourth-order valence-electron chi connectivity index (χ4n) is 2.78. The molecule has 0 bridgehead atoms. The summed E-state index contributed by atoms with van der Waals surface area (Å²) in [4.78, 5) is 12.3. The standard InChI is InChI=1S/C18H22N2O4S/c1-13(2)14-5-7-15(8-6-14)19-18(21)16-9-10-17(24-16)25(22,23)20-11-3-4-12-20/h5-10,13H,3-4,11-12H2,1-2H3,(H,19,21). The van der Waals surface area contributed by atoms with Gasteiger partial charge in [0.25, 0.3) is 15.9 Å². The highest BCUT2D eigenvalue weighted by atomic mass is 32.2. The van der Waals surface area contributed by atoms with Crippen LogP contribution in [-0.2, 0) is 10.0 Å². The molecule has 2 aromatic rings. The molecule has 0 unspecified atom stereocenters. The van der Waals surface area contributed by atoms with Gasteiger partial charge in [-0.3, -0.25) is 4.79 Å².